The van der Waals surface area contributed by atoms with Gasteiger partial charge in [0, 0.05) is 34.8 Å². The fraction of sp³-hybridized carbons (Fsp3) is 0.125. The molecule has 0 N–H and O–H groups in total. The number of benzene rings is 2. The fourth-order valence-electron chi connectivity index (χ4n) is 3.60. The van der Waals surface area contributed by atoms with Gasteiger partial charge in [0.05, 0.1) is 12.2 Å². The first-order valence-corrected chi connectivity index (χ1v) is 9.81. The van der Waals surface area contributed by atoms with Gasteiger partial charge in [0.2, 0.25) is 0 Å². The van der Waals surface area contributed by atoms with Crippen LogP contribution < -0.4 is 5.56 Å². The number of pyridine rings is 2. The zero-order valence-corrected chi connectivity index (χ0v) is 16.7. The van der Waals surface area contributed by atoms with Gasteiger partial charge in [0.25, 0.3) is 5.56 Å². The van der Waals surface area contributed by atoms with Gasteiger partial charge in [-0.1, -0.05) is 54.9 Å². The van der Waals surface area contributed by atoms with E-state index in [1.807, 2.05) is 42.5 Å². The Hall–Kier alpha value is -3.24. The number of halogens is 1. The number of rotatable bonds is 5. The molecule has 4 rings (SSSR count). The molecule has 0 amide bonds. The molecule has 4 nitrogen and oxygen atoms in total. The molecule has 0 aliphatic rings. The number of carbonyl (C=O) groups excluding carboxylic acids is 1. The van der Waals surface area contributed by atoms with E-state index in [4.69, 9.17) is 11.6 Å². The van der Waals surface area contributed by atoms with Crippen molar-refractivity contribution in [2.24, 2.45) is 0 Å². The van der Waals surface area contributed by atoms with Crippen molar-refractivity contribution in [3.63, 3.8) is 0 Å². The maximum Gasteiger partial charge on any atom is 0.259 e. The van der Waals surface area contributed by atoms with E-state index in [1.54, 1.807) is 42.1 Å². The Kier molecular flexibility index (Phi) is 5.28. The summed E-state index contributed by atoms with van der Waals surface area (Å²) in [5, 5.41) is 1.74. The number of aromatic nitrogens is 2. The molecule has 0 atom stereocenters. The van der Waals surface area contributed by atoms with Gasteiger partial charge < -0.3 is 0 Å². The largest absolute Gasteiger partial charge is 0.300 e. The van der Waals surface area contributed by atoms with Crippen LogP contribution in [0.4, 0.5) is 0 Å². The van der Waals surface area contributed by atoms with Gasteiger partial charge in [-0.2, -0.15) is 0 Å². The average molecular weight is 403 g/mol. The molecule has 5 heteroatoms. The SMILES string of the molecule is CCC(=O)c1c(-c2ccccc2)c2cc(Cl)ccc2c(=O)n1Cc1cccnc1. The molecule has 0 aliphatic carbocycles. The van der Waals surface area contributed by atoms with Crippen molar-refractivity contribution < 1.29 is 4.79 Å². The number of ketones is 1. The van der Waals surface area contributed by atoms with Crippen molar-refractivity contribution in [3.05, 3.63) is 99.7 Å². The second-order valence-electron chi connectivity index (χ2n) is 6.81. The van der Waals surface area contributed by atoms with Crippen LogP contribution in [-0.2, 0) is 6.54 Å². The highest BCUT2D eigenvalue weighted by Crippen LogP contribution is 2.33. The summed E-state index contributed by atoms with van der Waals surface area (Å²) in [5.41, 5.74) is 2.65. The summed E-state index contributed by atoms with van der Waals surface area (Å²) in [6, 6.07) is 18.6. The Morgan fingerprint density at radius 3 is 2.52 bits per heavy atom. The number of hydrogen-bond donors (Lipinski definition) is 0. The first-order valence-electron chi connectivity index (χ1n) is 9.43. The van der Waals surface area contributed by atoms with Gasteiger partial charge in [-0.25, -0.2) is 0 Å². The van der Waals surface area contributed by atoms with Crippen LogP contribution >= 0.6 is 11.6 Å². The number of Topliss-reactive ketones (excluding diaryl/α,β-unsaturated/α-hetero) is 1. The summed E-state index contributed by atoms with van der Waals surface area (Å²) < 4.78 is 1.57. The van der Waals surface area contributed by atoms with Crippen molar-refractivity contribution in [3.8, 4) is 11.1 Å². The van der Waals surface area contributed by atoms with E-state index in [1.165, 1.54) is 0 Å². The highest BCUT2D eigenvalue weighted by Gasteiger charge is 2.22. The summed E-state index contributed by atoms with van der Waals surface area (Å²) in [6.45, 7) is 2.07. The lowest BCUT2D eigenvalue weighted by Crippen LogP contribution is -2.28. The topological polar surface area (TPSA) is 52.0 Å². The highest BCUT2D eigenvalue weighted by atomic mass is 35.5. The summed E-state index contributed by atoms with van der Waals surface area (Å²) in [4.78, 5) is 30.6. The van der Waals surface area contributed by atoms with Crippen LogP contribution in [0.1, 0.15) is 29.4 Å². The molecule has 0 radical (unpaired) electrons. The molecule has 2 heterocycles. The van der Waals surface area contributed by atoms with Gasteiger partial charge in [-0.05, 0) is 40.8 Å². The van der Waals surface area contributed by atoms with Gasteiger partial charge in [-0.15, -0.1) is 0 Å². The van der Waals surface area contributed by atoms with E-state index in [-0.39, 0.29) is 17.9 Å². The van der Waals surface area contributed by atoms with Crippen LogP contribution in [0.15, 0.2) is 77.9 Å². The lowest BCUT2D eigenvalue weighted by molar-refractivity contribution is 0.0979. The third-order valence-electron chi connectivity index (χ3n) is 4.94. The maximum absolute atomic E-state index is 13.4. The first-order chi connectivity index (χ1) is 14.1. The molecule has 2 aromatic carbocycles. The number of fused-ring (bicyclic) bond motifs is 1. The van der Waals surface area contributed by atoms with Crippen LogP contribution in [0, 0.1) is 0 Å². The lowest BCUT2D eigenvalue weighted by Gasteiger charge is -2.19. The Morgan fingerprint density at radius 2 is 1.83 bits per heavy atom. The molecule has 0 bridgehead atoms. The molecule has 144 valence electrons. The standard InChI is InChI=1S/C24H19ClN2O2/c1-2-21(28)23-22(17-8-4-3-5-9-17)20-13-18(25)10-11-19(20)24(29)27(23)15-16-7-6-12-26-14-16/h3-14H,2,15H2,1H3. The molecule has 0 saturated heterocycles. The Balaban J connectivity index is 2.14. The number of nitrogens with zero attached hydrogens (tertiary/aromatic N) is 2. The van der Waals surface area contributed by atoms with E-state index < -0.39 is 0 Å². The quantitative estimate of drug-likeness (QED) is 0.422. The van der Waals surface area contributed by atoms with Crippen LogP contribution in [0.25, 0.3) is 21.9 Å². The normalized spacial score (nSPS) is 11.0. The minimum Gasteiger partial charge on any atom is -0.300 e. The lowest BCUT2D eigenvalue weighted by atomic mass is 9.94. The summed E-state index contributed by atoms with van der Waals surface area (Å²) in [6.07, 6.45) is 3.68. The van der Waals surface area contributed by atoms with Crippen LogP contribution in [-0.4, -0.2) is 15.3 Å². The Labute approximate surface area is 173 Å². The first kappa shape index (κ1) is 19.1. The van der Waals surface area contributed by atoms with E-state index in [2.05, 4.69) is 4.98 Å². The molecule has 4 aromatic rings. The van der Waals surface area contributed by atoms with Crippen molar-refractivity contribution in [2.75, 3.05) is 0 Å². The molecule has 0 fully saturated rings. The third-order valence-corrected chi connectivity index (χ3v) is 5.18. The molecule has 0 aliphatic heterocycles. The molecule has 0 unspecified atom stereocenters. The zero-order chi connectivity index (χ0) is 20.4. The number of carbonyl (C=O) groups is 1. The Bertz CT molecular complexity index is 1250. The van der Waals surface area contributed by atoms with Gasteiger partial charge >= 0.3 is 0 Å². The molecule has 29 heavy (non-hydrogen) atoms. The van der Waals surface area contributed by atoms with E-state index >= 15 is 0 Å². The predicted molar refractivity (Wildman–Crippen MR) is 117 cm³/mol. The summed E-state index contributed by atoms with van der Waals surface area (Å²) in [5.74, 6) is -0.0910. The van der Waals surface area contributed by atoms with E-state index in [0.29, 0.717) is 27.9 Å². The predicted octanol–water partition coefficient (Wildman–Crippen LogP) is 5.36. The van der Waals surface area contributed by atoms with Crippen LogP contribution in [0.2, 0.25) is 5.02 Å². The average Bonchev–Trinajstić information content (AvgIpc) is 2.76. The molecular formula is C24H19ClN2O2. The van der Waals surface area contributed by atoms with Crippen molar-refractivity contribution in [2.45, 2.75) is 19.9 Å². The zero-order valence-electron chi connectivity index (χ0n) is 15.9. The van der Waals surface area contributed by atoms with Gasteiger partial charge in [0.15, 0.2) is 5.78 Å². The van der Waals surface area contributed by atoms with Crippen molar-refractivity contribution in [1.82, 2.24) is 9.55 Å². The minimum atomic E-state index is -0.211. The minimum absolute atomic E-state index is 0.0910. The van der Waals surface area contributed by atoms with E-state index in [0.717, 1.165) is 16.7 Å². The second kappa shape index (κ2) is 8.02. The summed E-state index contributed by atoms with van der Waals surface area (Å²) >= 11 is 6.26. The maximum atomic E-state index is 13.4. The van der Waals surface area contributed by atoms with Crippen molar-refractivity contribution in [1.29, 1.82) is 0 Å². The third kappa shape index (κ3) is 3.59. The smallest absolute Gasteiger partial charge is 0.259 e. The molecular weight excluding hydrogens is 384 g/mol. The van der Waals surface area contributed by atoms with Gasteiger partial charge in [-0.3, -0.25) is 19.1 Å². The Morgan fingerprint density at radius 1 is 1.03 bits per heavy atom. The van der Waals surface area contributed by atoms with Crippen LogP contribution in [0.3, 0.4) is 0 Å². The number of hydrogen-bond acceptors (Lipinski definition) is 3. The molecule has 0 saturated carbocycles. The van der Waals surface area contributed by atoms with E-state index in [9.17, 15) is 9.59 Å². The fourth-order valence-corrected chi connectivity index (χ4v) is 3.77. The molecule has 2 aromatic heterocycles. The monoisotopic (exact) mass is 402 g/mol. The summed E-state index contributed by atoms with van der Waals surface area (Å²) in [7, 11) is 0. The van der Waals surface area contributed by atoms with Crippen LogP contribution in [0.5, 0.6) is 0 Å². The highest BCUT2D eigenvalue weighted by molar-refractivity contribution is 6.31. The van der Waals surface area contributed by atoms with Crippen molar-refractivity contribution >= 4 is 28.2 Å². The molecule has 0 spiro atoms. The van der Waals surface area contributed by atoms with Gasteiger partial charge in [0.1, 0.15) is 0 Å². The second-order valence-corrected chi connectivity index (χ2v) is 7.25.